The maximum atomic E-state index is 5.80. The Morgan fingerprint density at radius 1 is 0.438 bits per heavy atom. The van der Waals surface area contributed by atoms with Crippen LogP contribution in [-0.2, 0) is 135 Å². The van der Waals surface area contributed by atoms with Crippen molar-refractivity contribution in [3.05, 3.63) is 0 Å². The molecule has 6 nitrogen and oxygen atoms in total. The van der Waals surface area contributed by atoms with E-state index in [1.165, 1.54) is 77.0 Å². The molecule has 0 saturated carbocycles. The van der Waals surface area contributed by atoms with E-state index in [1.54, 1.807) is 0 Å². The number of rotatable bonds is 28. The van der Waals surface area contributed by atoms with Crippen LogP contribution in [0.2, 0.25) is 0 Å². The third-order valence-corrected chi connectivity index (χ3v) is 12.4. The predicted octanol–water partition coefficient (Wildman–Crippen LogP) is 10.8. The normalized spacial score (nSPS) is 15.2. The van der Waals surface area contributed by atoms with Crippen molar-refractivity contribution in [1.29, 1.82) is 0 Å². The minimum Gasteiger partial charge on any atom is -2.00 e. The van der Waals surface area contributed by atoms with Gasteiger partial charge in [0, 0.05) is 0 Å². The second-order valence-corrected chi connectivity index (χ2v) is 21.7. The molecule has 0 saturated heterocycles. The smallest absolute Gasteiger partial charge is 2.00 e. The molecule has 0 aromatic heterocycles. The van der Waals surface area contributed by atoms with Gasteiger partial charge in [0.25, 0.3) is 0 Å². The van der Waals surface area contributed by atoms with E-state index in [-0.39, 0.29) is 80.1 Å². The van der Waals surface area contributed by atoms with Crippen molar-refractivity contribution in [3.8, 4) is 0 Å². The molecule has 48 heavy (non-hydrogen) atoms. The van der Waals surface area contributed by atoms with Crippen LogP contribution in [0.5, 0.6) is 0 Å². The molecule has 16 heteroatoms. The summed E-state index contributed by atoms with van der Waals surface area (Å²) < 4.78 is 23.2. The van der Waals surface area contributed by atoms with Gasteiger partial charge in [-0.15, -0.1) is 0 Å². The van der Waals surface area contributed by atoms with Gasteiger partial charge in [-0.25, -0.2) is 0 Å². The molecule has 4 atom stereocenters. The zero-order valence-corrected chi connectivity index (χ0v) is 41.9. The van der Waals surface area contributed by atoms with Crippen molar-refractivity contribution in [2.24, 2.45) is 23.7 Å². The molecule has 0 rings (SSSR count). The zero-order valence-electron chi connectivity index (χ0n) is 31.2. The summed E-state index contributed by atoms with van der Waals surface area (Å²) in [4.78, 5) is 0. The van der Waals surface area contributed by atoms with Crippen LogP contribution in [0.4, 0.5) is 0 Å². The largest absolute Gasteiger partial charge is 3.00 e. The molecule has 0 amide bonds. The zero-order chi connectivity index (χ0) is 32.3. The fourth-order valence-corrected chi connectivity index (χ4v) is 7.64. The van der Waals surface area contributed by atoms with Gasteiger partial charge in [0.05, 0.1) is 37.8 Å². The SMILES string of the molecule is CCCCC(CC)COP(=S)([S-])OCC(CC)CCCC.CCCCC(CC)COP(=S)([S-])OCC(CC)CCCC.O.O.[Mo+3].[Mo+3].[S-2].[S-2]. The van der Waals surface area contributed by atoms with E-state index in [1.807, 2.05) is 0 Å². The molecule has 4 unspecified atom stereocenters. The molecule has 0 aliphatic carbocycles. The van der Waals surface area contributed by atoms with E-state index in [4.69, 9.17) is 66.2 Å². The van der Waals surface area contributed by atoms with Gasteiger partial charge in [-0.2, -0.15) is 0 Å². The summed E-state index contributed by atoms with van der Waals surface area (Å²) in [6.45, 7) is 20.4. The predicted molar refractivity (Wildman–Crippen MR) is 222 cm³/mol. The van der Waals surface area contributed by atoms with E-state index >= 15 is 0 Å². The number of unbranched alkanes of at least 4 members (excludes halogenated alkanes) is 4. The van der Waals surface area contributed by atoms with Crippen molar-refractivity contribution < 1.29 is 71.2 Å². The quantitative estimate of drug-likeness (QED) is 0.0434. The van der Waals surface area contributed by atoms with E-state index in [0.29, 0.717) is 50.1 Å². The molecule has 0 aliphatic rings. The first kappa shape index (κ1) is 69.7. The monoisotopic (exact) mass is 1000 g/mol. The van der Waals surface area contributed by atoms with E-state index in [0.717, 1.165) is 25.7 Å². The topological polar surface area (TPSA) is 99.9 Å². The molecule has 0 heterocycles. The Morgan fingerprint density at radius 2 is 0.604 bits per heavy atom. The molecular weight excluding hydrogens is 927 g/mol. The van der Waals surface area contributed by atoms with Crippen molar-refractivity contribution in [1.82, 2.24) is 0 Å². The summed E-state index contributed by atoms with van der Waals surface area (Å²) in [6.07, 6.45) is 19.2. The third-order valence-electron chi connectivity index (χ3n) is 8.05. The minimum absolute atomic E-state index is 0. The van der Waals surface area contributed by atoms with Crippen LogP contribution in [0.25, 0.3) is 0 Å². The fourth-order valence-electron chi connectivity index (χ4n) is 4.45. The summed E-state index contributed by atoms with van der Waals surface area (Å²) in [5.74, 6) is 2.28. The van der Waals surface area contributed by atoms with Gasteiger partial charge in [-0.3, -0.25) is 0 Å². The molecule has 0 aromatic carbocycles. The third kappa shape index (κ3) is 44.2. The Bertz CT molecular complexity index is 607. The average molecular weight is 999 g/mol. The van der Waals surface area contributed by atoms with Gasteiger partial charge in [0.15, 0.2) is 0 Å². The van der Waals surface area contributed by atoms with Gasteiger partial charge < -0.3 is 80.5 Å². The Morgan fingerprint density at radius 3 is 0.729 bits per heavy atom. The molecule has 0 fully saturated rings. The van der Waals surface area contributed by atoms with Crippen molar-refractivity contribution in [2.75, 3.05) is 26.4 Å². The fraction of sp³-hybridized carbons (Fsp3) is 1.00. The standard InChI is InChI=1S/2C16H35O2PS2.2Mo.2H2O.2S/c2*1-5-9-11-15(7-3)13-17-19(20,21)18-14-16(8-4)12-10-6-2;;;;;;/h2*15-16H,5-14H2,1-4H3,(H,20,21);;;2*1H2;;/q;;2*+3;;;2*-2/p-2. The summed E-state index contributed by atoms with van der Waals surface area (Å²) in [5, 5.41) is 0. The first-order chi connectivity index (χ1) is 20.0. The maximum Gasteiger partial charge on any atom is 3.00 e. The second kappa shape index (κ2) is 47.0. The summed E-state index contributed by atoms with van der Waals surface area (Å²) in [5.41, 5.74) is -4.95. The van der Waals surface area contributed by atoms with Gasteiger partial charge in [-0.1, -0.05) is 156 Å². The van der Waals surface area contributed by atoms with Crippen LogP contribution in [0.3, 0.4) is 0 Å². The number of hydrogen-bond donors (Lipinski definition) is 0. The van der Waals surface area contributed by atoms with Crippen LogP contribution in [0.1, 0.15) is 158 Å². The minimum atomic E-state index is -2.47. The Balaban J connectivity index is -0.0000000988. The number of hydrogen-bond acceptors (Lipinski definition) is 8. The molecule has 0 aromatic rings. The molecule has 0 aliphatic heterocycles. The molecule has 4 N–H and O–H groups in total. The van der Waals surface area contributed by atoms with Crippen molar-refractivity contribution in [2.45, 2.75) is 158 Å². The second-order valence-electron chi connectivity index (χ2n) is 11.7. The molecule has 0 bridgehead atoms. The van der Waals surface area contributed by atoms with Crippen molar-refractivity contribution >= 4 is 86.5 Å². The van der Waals surface area contributed by atoms with E-state index < -0.39 is 11.4 Å². The first-order valence-electron chi connectivity index (χ1n) is 17.2. The molecule has 0 spiro atoms. The van der Waals surface area contributed by atoms with Crippen LogP contribution in [-0.4, -0.2) is 37.4 Å². The first-order valence-corrected chi connectivity index (χ1v) is 24.5. The van der Waals surface area contributed by atoms with Crippen molar-refractivity contribution in [3.63, 3.8) is 0 Å². The van der Waals surface area contributed by atoms with E-state index in [2.05, 4.69) is 55.4 Å². The van der Waals surface area contributed by atoms with Gasteiger partial charge in [0.1, 0.15) is 0 Å². The maximum absolute atomic E-state index is 5.80. The Kier molecular flexibility index (Phi) is 68.2. The summed E-state index contributed by atoms with van der Waals surface area (Å²) in [6, 6.07) is 0. The van der Waals surface area contributed by atoms with Gasteiger partial charge >= 0.3 is 42.1 Å². The van der Waals surface area contributed by atoms with Gasteiger partial charge in [0.2, 0.25) is 0 Å². The summed E-state index contributed by atoms with van der Waals surface area (Å²) in [7, 11) is 0. The van der Waals surface area contributed by atoms with E-state index in [9.17, 15) is 0 Å². The van der Waals surface area contributed by atoms with Gasteiger partial charge in [-0.05, 0) is 49.4 Å². The molecule has 294 valence electrons. The Hall–Kier alpha value is 3.84. The van der Waals surface area contributed by atoms with Crippen LogP contribution in [0, 0.1) is 23.7 Å². The average Bonchev–Trinajstić information content (AvgIpc) is 2.98. The summed E-state index contributed by atoms with van der Waals surface area (Å²) >= 11 is 21.5. The molecular formula is C32H72Mo2O6P2S6. The Labute approximate surface area is 362 Å². The molecule has 2 radical (unpaired) electrons. The van der Waals surface area contributed by atoms with Crippen LogP contribution >= 0.6 is 11.4 Å². The van der Waals surface area contributed by atoms with Crippen LogP contribution in [0.15, 0.2) is 0 Å². The van der Waals surface area contributed by atoms with Crippen LogP contribution < -0.4 is 0 Å².